The molecule has 0 radical (unpaired) electrons. The average Bonchev–Trinajstić information content (AvgIpc) is 3.60. The molecule has 0 saturated carbocycles. The third-order valence-electron chi connectivity index (χ3n) is 7.13. The van der Waals surface area contributed by atoms with Crippen molar-refractivity contribution < 1.29 is 23.1 Å². The summed E-state index contributed by atoms with van der Waals surface area (Å²) in [5, 5.41) is 29.6. The number of piperidine rings is 1. The van der Waals surface area contributed by atoms with E-state index in [2.05, 4.69) is 25.7 Å². The number of H-pyrrole nitrogens is 1. The first-order valence-corrected chi connectivity index (χ1v) is 12.9. The number of halogens is 2. The minimum absolute atomic E-state index is 0.0433. The fourth-order valence-corrected chi connectivity index (χ4v) is 5.16. The quantitative estimate of drug-likeness (QED) is 0.238. The fourth-order valence-electron chi connectivity index (χ4n) is 5.16. The lowest BCUT2D eigenvalue weighted by Gasteiger charge is -2.31. The van der Waals surface area contributed by atoms with Gasteiger partial charge in [-0.15, -0.1) is 10.2 Å². The molecular formula is C29H26F2N6O3. The Labute approximate surface area is 227 Å². The van der Waals surface area contributed by atoms with Gasteiger partial charge in [0, 0.05) is 42.1 Å². The number of carbonyl (C=O) groups excluding carboxylic acids is 1. The van der Waals surface area contributed by atoms with Crippen LogP contribution < -0.4 is 5.32 Å². The van der Waals surface area contributed by atoms with E-state index in [9.17, 15) is 18.7 Å². The number of anilines is 1. The zero-order valence-corrected chi connectivity index (χ0v) is 21.6. The molecule has 5 aromatic rings. The first-order chi connectivity index (χ1) is 19.4. The first-order valence-electron chi connectivity index (χ1n) is 12.9. The number of fused-ring (bicyclic) bond motifs is 1. The van der Waals surface area contributed by atoms with Gasteiger partial charge in [-0.25, -0.2) is 8.78 Å². The van der Waals surface area contributed by atoms with E-state index < -0.39 is 11.6 Å². The number of carbonyl (C=O) groups is 1. The highest BCUT2D eigenvalue weighted by atomic mass is 19.1. The summed E-state index contributed by atoms with van der Waals surface area (Å²) < 4.78 is 34.5. The SMILES string of the molecule is CC(=O)Nc1cc(-c2n[nH]c3ccc(-c4nnc(C5CCCN(Cc6c(F)cccc6F)C5)o4)cc23)ccc1O. The van der Waals surface area contributed by atoms with E-state index in [0.717, 1.165) is 30.3 Å². The number of nitrogens with one attached hydrogen (secondary N) is 2. The number of hydrogen-bond donors (Lipinski definition) is 3. The zero-order valence-electron chi connectivity index (χ0n) is 21.6. The van der Waals surface area contributed by atoms with Gasteiger partial charge in [-0.2, -0.15) is 5.10 Å². The van der Waals surface area contributed by atoms with Crippen LogP contribution in [0.4, 0.5) is 14.5 Å². The van der Waals surface area contributed by atoms with Crippen molar-refractivity contribution >= 4 is 22.5 Å². The number of nitrogens with zero attached hydrogens (tertiary/aromatic N) is 4. The van der Waals surface area contributed by atoms with Crippen molar-refractivity contribution in [1.29, 1.82) is 0 Å². The van der Waals surface area contributed by atoms with Crippen molar-refractivity contribution in [3.05, 3.63) is 77.7 Å². The van der Waals surface area contributed by atoms with E-state index in [1.165, 1.54) is 31.2 Å². The summed E-state index contributed by atoms with van der Waals surface area (Å²) in [5.74, 6) is -0.648. The summed E-state index contributed by atoms with van der Waals surface area (Å²) in [7, 11) is 0. The molecule has 1 atom stereocenters. The maximum atomic E-state index is 14.2. The van der Waals surface area contributed by atoms with E-state index in [-0.39, 0.29) is 35.4 Å². The van der Waals surface area contributed by atoms with Crippen LogP contribution in [0.2, 0.25) is 0 Å². The van der Waals surface area contributed by atoms with Crippen molar-refractivity contribution in [3.8, 4) is 28.5 Å². The van der Waals surface area contributed by atoms with Crippen molar-refractivity contribution in [3.63, 3.8) is 0 Å². The van der Waals surface area contributed by atoms with Gasteiger partial charge in [-0.05, 0) is 67.9 Å². The Morgan fingerprint density at radius 2 is 1.93 bits per heavy atom. The summed E-state index contributed by atoms with van der Waals surface area (Å²) in [5.41, 5.74) is 3.18. The Hall–Kier alpha value is -4.64. The molecule has 1 amide bonds. The molecule has 9 nitrogen and oxygen atoms in total. The Kier molecular flexibility index (Phi) is 6.72. The predicted octanol–water partition coefficient (Wildman–Crippen LogP) is 5.60. The van der Waals surface area contributed by atoms with Gasteiger partial charge in [0.05, 0.1) is 22.8 Å². The van der Waals surface area contributed by atoms with Crippen LogP contribution in [0.3, 0.4) is 0 Å². The number of benzene rings is 3. The van der Waals surface area contributed by atoms with Crippen LogP contribution in [-0.4, -0.2) is 49.4 Å². The van der Waals surface area contributed by atoms with Crippen LogP contribution in [0.5, 0.6) is 5.75 Å². The molecule has 0 bridgehead atoms. The molecule has 1 aliphatic heterocycles. The second-order valence-electron chi connectivity index (χ2n) is 9.97. The van der Waals surface area contributed by atoms with Gasteiger partial charge in [0.25, 0.3) is 0 Å². The van der Waals surface area contributed by atoms with Crippen LogP contribution in [0.25, 0.3) is 33.6 Å². The van der Waals surface area contributed by atoms with Gasteiger partial charge in [0.15, 0.2) is 0 Å². The lowest BCUT2D eigenvalue weighted by atomic mass is 9.97. The molecule has 1 aliphatic rings. The van der Waals surface area contributed by atoms with E-state index in [4.69, 9.17) is 4.42 Å². The van der Waals surface area contributed by atoms with E-state index in [1.807, 2.05) is 23.1 Å². The molecule has 3 heterocycles. The second-order valence-corrected chi connectivity index (χ2v) is 9.97. The van der Waals surface area contributed by atoms with Crippen molar-refractivity contribution in [2.45, 2.75) is 32.2 Å². The van der Waals surface area contributed by atoms with E-state index in [0.29, 0.717) is 35.1 Å². The van der Waals surface area contributed by atoms with Crippen molar-refractivity contribution in [2.75, 3.05) is 18.4 Å². The Bertz CT molecular complexity index is 1700. The lowest BCUT2D eigenvalue weighted by Crippen LogP contribution is -2.34. The first kappa shape index (κ1) is 25.6. The van der Waals surface area contributed by atoms with Gasteiger partial charge in [-0.3, -0.25) is 14.8 Å². The monoisotopic (exact) mass is 544 g/mol. The van der Waals surface area contributed by atoms with Gasteiger partial charge >= 0.3 is 0 Å². The number of phenols is 1. The normalized spacial score (nSPS) is 15.9. The number of rotatable bonds is 6. The Balaban J connectivity index is 1.24. The Morgan fingerprint density at radius 1 is 1.12 bits per heavy atom. The zero-order chi connectivity index (χ0) is 27.8. The van der Waals surface area contributed by atoms with Gasteiger partial charge in [-0.1, -0.05) is 6.07 Å². The number of aromatic nitrogens is 4. The molecular weight excluding hydrogens is 518 g/mol. The van der Waals surface area contributed by atoms with Crippen LogP contribution >= 0.6 is 0 Å². The maximum absolute atomic E-state index is 14.2. The number of likely N-dealkylation sites (tertiary alicyclic amines) is 1. The molecule has 1 fully saturated rings. The highest BCUT2D eigenvalue weighted by molar-refractivity contribution is 5.97. The molecule has 1 saturated heterocycles. The minimum atomic E-state index is -0.546. The molecule has 1 unspecified atom stereocenters. The molecule has 2 aromatic heterocycles. The molecule has 3 N–H and O–H groups in total. The van der Waals surface area contributed by atoms with Crippen LogP contribution in [0.15, 0.2) is 59.0 Å². The highest BCUT2D eigenvalue weighted by Gasteiger charge is 2.27. The topological polar surface area (TPSA) is 120 Å². The second kappa shape index (κ2) is 10.5. The largest absolute Gasteiger partial charge is 0.506 e. The number of aromatic hydroxyl groups is 1. The molecule has 40 heavy (non-hydrogen) atoms. The molecule has 0 spiro atoms. The van der Waals surface area contributed by atoms with E-state index in [1.54, 1.807) is 12.1 Å². The molecule has 6 rings (SSSR count). The molecule has 204 valence electrons. The highest BCUT2D eigenvalue weighted by Crippen LogP contribution is 2.35. The number of amides is 1. The molecule has 3 aromatic carbocycles. The average molecular weight is 545 g/mol. The summed E-state index contributed by atoms with van der Waals surface area (Å²) in [4.78, 5) is 13.5. The van der Waals surface area contributed by atoms with Crippen molar-refractivity contribution in [1.82, 2.24) is 25.3 Å². The van der Waals surface area contributed by atoms with Gasteiger partial charge in [0.2, 0.25) is 17.7 Å². The molecule has 0 aliphatic carbocycles. The number of hydrogen-bond acceptors (Lipinski definition) is 7. The minimum Gasteiger partial charge on any atom is -0.506 e. The third-order valence-corrected chi connectivity index (χ3v) is 7.13. The van der Waals surface area contributed by atoms with Crippen molar-refractivity contribution in [2.24, 2.45) is 0 Å². The predicted molar refractivity (Wildman–Crippen MR) is 144 cm³/mol. The van der Waals surface area contributed by atoms with Gasteiger partial charge < -0.3 is 14.8 Å². The molecule has 11 heteroatoms. The van der Waals surface area contributed by atoms with Crippen LogP contribution in [-0.2, 0) is 11.3 Å². The fraction of sp³-hybridized carbons (Fsp3) is 0.241. The smallest absolute Gasteiger partial charge is 0.247 e. The van der Waals surface area contributed by atoms with Crippen LogP contribution in [0, 0.1) is 11.6 Å². The number of aromatic amines is 1. The standard InChI is InChI=1S/C29H26F2N6O3/c1-16(38)32-25-13-17(8-10-26(25)39)27-20-12-18(7-9-24(20)33-34-27)28-35-36-29(40-28)19-4-3-11-37(14-19)15-21-22(30)5-2-6-23(21)31/h2,5-10,12-13,19,39H,3-4,11,14-15H2,1H3,(H,32,38)(H,33,34). The van der Waals surface area contributed by atoms with Crippen LogP contribution in [0.1, 0.15) is 37.1 Å². The maximum Gasteiger partial charge on any atom is 0.247 e. The summed E-state index contributed by atoms with van der Waals surface area (Å²) in [6, 6.07) is 14.4. The van der Waals surface area contributed by atoms with E-state index >= 15 is 0 Å². The summed E-state index contributed by atoms with van der Waals surface area (Å²) >= 11 is 0. The lowest BCUT2D eigenvalue weighted by molar-refractivity contribution is -0.114. The number of phenolic OH excluding ortho intramolecular Hbond substituents is 1. The Morgan fingerprint density at radius 3 is 2.73 bits per heavy atom. The third kappa shape index (κ3) is 5.03. The summed E-state index contributed by atoms with van der Waals surface area (Å²) in [6.45, 7) is 2.83. The van der Waals surface area contributed by atoms with Gasteiger partial charge in [0.1, 0.15) is 17.4 Å². The summed E-state index contributed by atoms with van der Waals surface area (Å²) in [6.07, 6.45) is 1.68.